The SMILES string of the molecule is CCC[NH+]1CNC(Nc2nc(C)c3cc(C)cc(C)c3n2)=[NH+]C1. The topological polar surface area (TPSA) is 68.2 Å². The molecule has 0 saturated heterocycles. The van der Waals surface area contributed by atoms with Gasteiger partial charge >= 0.3 is 5.96 Å². The number of nitrogens with one attached hydrogen (secondary N) is 4. The molecule has 0 spiro atoms. The lowest BCUT2D eigenvalue weighted by atomic mass is 10.1. The Hall–Kier alpha value is -2.21. The van der Waals surface area contributed by atoms with Crippen LogP contribution in [0.3, 0.4) is 0 Å². The van der Waals surface area contributed by atoms with Crippen molar-refractivity contribution in [2.24, 2.45) is 0 Å². The van der Waals surface area contributed by atoms with Gasteiger partial charge in [-0.2, -0.15) is 4.98 Å². The first-order valence-corrected chi connectivity index (χ1v) is 8.27. The summed E-state index contributed by atoms with van der Waals surface area (Å²) in [6.07, 6.45) is 1.19. The zero-order chi connectivity index (χ0) is 16.4. The Morgan fingerprint density at radius 3 is 2.78 bits per heavy atom. The van der Waals surface area contributed by atoms with Gasteiger partial charge in [-0.15, -0.1) is 0 Å². The monoisotopic (exact) mass is 314 g/mol. The summed E-state index contributed by atoms with van der Waals surface area (Å²) >= 11 is 0. The van der Waals surface area contributed by atoms with Crippen LogP contribution in [-0.4, -0.2) is 35.8 Å². The van der Waals surface area contributed by atoms with Crippen molar-refractivity contribution in [2.75, 3.05) is 25.2 Å². The van der Waals surface area contributed by atoms with Crippen LogP contribution in [0, 0.1) is 20.8 Å². The molecule has 0 saturated carbocycles. The standard InChI is InChI=1S/C17H24N6/c1-5-6-23-9-18-16(19-10-23)22-17-20-13(4)14-8-11(2)7-12(3)15(14)21-17/h7-8H,5-6,9-10H2,1-4H3,(H2,18,19,20,21,22)/p+2. The first-order valence-electron chi connectivity index (χ1n) is 8.27. The molecule has 0 aliphatic carbocycles. The molecule has 0 radical (unpaired) electrons. The van der Waals surface area contributed by atoms with E-state index < -0.39 is 0 Å². The Bertz CT molecular complexity index is 752. The number of quaternary nitrogens is 1. The summed E-state index contributed by atoms with van der Waals surface area (Å²) in [5.74, 6) is 1.52. The average molecular weight is 314 g/mol. The summed E-state index contributed by atoms with van der Waals surface area (Å²) in [7, 11) is 0. The second-order valence-electron chi connectivity index (χ2n) is 6.32. The third-order valence-corrected chi connectivity index (χ3v) is 4.20. The molecule has 23 heavy (non-hydrogen) atoms. The molecule has 0 amide bonds. The zero-order valence-corrected chi connectivity index (χ0v) is 14.4. The van der Waals surface area contributed by atoms with Crippen LogP contribution in [0.1, 0.15) is 30.2 Å². The van der Waals surface area contributed by atoms with Gasteiger partial charge in [-0.25, -0.2) is 20.6 Å². The van der Waals surface area contributed by atoms with E-state index >= 15 is 0 Å². The van der Waals surface area contributed by atoms with E-state index in [2.05, 4.69) is 53.5 Å². The van der Waals surface area contributed by atoms with E-state index in [-0.39, 0.29) is 0 Å². The Kier molecular flexibility index (Phi) is 4.43. The van der Waals surface area contributed by atoms with Crippen LogP contribution in [0.25, 0.3) is 10.9 Å². The van der Waals surface area contributed by atoms with E-state index in [4.69, 9.17) is 4.98 Å². The molecule has 1 aromatic carbocycles. The van der Waals surface area contributed by atoms with Crippen LogP contribution < -0.4 is 20.5 Å². The number of benzene rings is 1. The van der Waals surface area contributed by atoms with E-state index in [1.54, 1.807) is 0 Å². The number of hydrogen-bond donors (Lipinski definition) is 4. The van der Waals surface area contributed by atoms with Crippen molar-refractivity contribution in [1.82, 2.24) is 15.3 Å². The highest BCUT2D eigenvalue weighted by atomic mass is 15.4. The minimum absolute atomic E-state index is 0.635. The van der Waals surface area contributed by atoms with Crippen LogP contribution in [0.2, 0.25) is 0 Å². The minimum Gasteiger partial charge on any atom is -0.277 e. The summed E-state index contributed by atoms with van der Waals surface area (Å²) in [6, 6.07) is 4.31. The highest BCUT2D eigenvalue weighted by Crippen LogP contribution is 2.22. The molecule has 6 heteroatoms. The number of fused-ring (bicyclic) bond motifs is 1. The Labute approximate surface area is 137 Å². The third-order valence-electron chi connectivity index (χ3n) is 4.20. The van der Waals surface area contributed by atoms with Gasteiger partial charge in [0.15, 0.2) is 13.3 Å². The van der Waals surface area contributed by atoms with Crippen molar-refractivity contribution >= 4 is 22.8 Å². The zero-order valence-electron chi connectivity index (χ0n) is 14.4. The predicted molar refractivity (Wildman–Crippen MR) is 92.3 cm³/mol. The van der Waals surface area contributed by atoms with Gasteiger partial charge in [-0.05, 0) is 38.8 Å². The van der Waals surface area contributed by atoms with Crippen molar-refractivity contribution < 1.29 is 9.89 Å². The van der Waals surface area contributed by atoms with E-state index in [0.717, 1.165) is 42.4 Å². The van der Waals surface area contributed by atoms with E-state index in [1.807, 2.05) is 6.92 Å². The molecule has 1 aliphatic rings. The van der Waals surface area contributed by atoms with Gasteiger partial charge in [-0.3, -0.25) is 4.90 Å². The largest absolute Gasteiger partial charge is 0.359 e. The molecule has 1 atom stereocenters. The summed E-state index contributed by atoms with van der Waals surface area (Å²) in [5.41, 5.74) is 4.44. The van der Waals surface area contributed by atoms with Crippen LogP contribution in [0.5, 0.6) is 0 Å². The number of rotatable bonds is 3. The third kappa shape index (κ3) is 3.42. The molecular formula is C17H26N6+2. The highest BCUT2D eigenvalue weighted by Gasteiger charge is 2.20. The van der Waals surface area contributed by atoms with E-state index in [9.17, 15) is 0 Å². The molecule has 6 nitrogen and oxygen atoms in total. The maximum Gasteiger partial charge on any atom is 0.359 e. The van der Waals surface area contributed by atoms with Crippen molar-refractivity contribution in [1.29, 1.82) is 0 Å². The molecule has 1 unspecified atom stereocenters. The van der Waals surface area contributed by atoms with Gasteiger partial charge in [0.2, 0.25) is 0 Å². The quantitative estimate of drug-likeness (QED) is 0.600. The van der Waals surface area contributed by atoms with Crippen LogP contribution in [0.15, 0.2) is 12.1 Å². The predicted octanol–water partition coefficient (Wildman–Crippen LogP) is -0.783. The maximum absolute atomic E-state index is 4.70. The van der Waals surface area contributed by atoms with Crippen molar-refractivity contribution in [2.45, 2.75) is 34.1 Å². The van der Waals surface area contributed by atoms with Crippen LogP contribution >= 0.6 is 0 Å². The van der Waals surface area contributed by atoms with Gasteiger partial charge in [0.05, 0.1) is 17.8 Å². The fourth-order valence-corrected chi connectivity index (χ4v) is 3.07. The number of nitrogens with zero attached hydrogens (tertiary/aromatic N) is 2. The first-order chi connectivity index (χ1) is 11.1. The van der Waals surface area contributed by atoms with E-state index in [1.165, 1.54) is 22.4 Å². The molecule has 1 aromatic heterocycles. The normalized spacial score (nSPS) is 17.7. The molecule has 4 N–H and O–H groups in total. The van der Waals surface area contributed by atoms with Gasteiger partial charge < -0.3 is 0 Å². The van der Waals surface area contributed by atoms with Crippen molar-refractivity contribution in [3.63, 3.8) is 0 Å². The molecule has 0 bridgehead atoms. The van der Waals surface area contributed by atoms with Crippen LogP contribution in [-0.2, 0) is 0 Å². The first kappa shape index (κ1) is 15.7. The van der Waals surface area contributed by atoms with Gasteiger partial charge in [0, 0.05) is 5.39 Å². The van der Waals surface area contributed by atoms with Gasteiger partial charge in [0.25, 0.3) is 5.95 Å². The molecule has 0 fully saturated rings. The second-order valence-corrected chi connectivity index (χ2v) is 6.32. The number of aromatic nitrogens is 2. The molecule has 3 rings (SSSR count). The summed E-state index contributed by atoms with van der Waals surface area (Å²) in [4.78, 5) is 14.2. The van der Waals surface area contributed by atoms with Gasteiger partial charge in [0.1, 0.15) is 0 Å². The fraction of sp³-hybridized carbons (Fsp3) is 0.471. The van der Waals surface area contributed by atoms with E-state index in [0.29, 0.717) is 5.95 Å². The number of anilines is 1. The molecular weight excluding hydrogens is 288 g/mol. The lowest BCUT2D eigenvalue weighted by molar-refractivity contribution is -0.980. The highest BCUT2D eigenvalue weighted by molar-refractivity contribution is 5.90. The Balaban J connectivity index is 1.84. The second kappa shape index (κ2) is 6.50. The fourth-order valence-electron chi connectivity index (χ4n) is 3.07. The molecule has 1 aliphatic heterocycles. The maximum atomic E-state index is 4.70. The number of aryl methyl sites for hydroxylation is 3. The molecule has 2 heterocycles. The number of guanidine groups is 1. The summed E-state index contributed by atoms with van der Waals surface area (Å²) in [6.45, 7) is 11.4. The lowest BCUT2D eigenvalue weighted by Gasteiger charge is -2.19. The Morgan fingerprint density at radius 1 is 1.26 bits per heavy atom. The van der Waals surface area contributed by atoms with Gasteiger partial charge in [-0.1, -0.05) is 18.6 Å². The Morgan fingerprint density at radius 2 is 2.09 bits per heavy atom. The smallest absolute Gasteiger partial charge is 0.277 e. The average Bonchev–Trinajstić information content (AvgIpc) is 2.51. The lowest BCUT2D eigenvalue weighted by Crippen LogP contribution is -3.24. The van der Waals surface area contributed by atoms with Crippen LogP contribution in [0.4, 0.5) is 5.95 Å². The number of hydrogen-bond acceptors (Lipinski definition) is 4. The molecule has 122 valence electrons. The summed E-state index contributed by atoms with van der Waals surface area (Å²) < 4.78 is 0. The molecule has 2 aromatic rings. The minimum atomic E-state index is 0.635. The summed E-state index contributed by atoms with van der Waals surface area (Å²) in [5, 5.41) is 7.77. The van der Waals surface area contributed by atoms with Crippen molar-refractivity contribution in [3.8, 4) is 0 Å². The van der Waals surface area contributed by atoms with Crippen molar-refractivity contribution in [3.05, 3.63) is 29.0 Å².